The molecule has 7 nitrogen and oxygen atoms in total. The predicted molar refractivity (Wildman–Crippen MR) is 82.3 cm³/mol. The number of ether oxygens (including phenoxy) is 1. The monoisotopic (exact) mass is 312 g/mol. The third kappa shape index (κ3) is 5.13. The molecule has 2 fully saturated rings. The van der Waals surface area contributed by atoms with Crippen LogP contribution in [0.25, 0.3) is 0 Å². The van der Waals surface area contributed by atoms with Gasteiger partial charge in [0, 0.05) is 25.3 Å². The van der Waals surface area contributed by atoms with Crippen LogP contribution < -0.4 is 10.6 Å². The van der Waals surface area contributed by atoms with Gasteiger partial charge in [-0.3, -0.25) is 9.59 Å². The van der Waals surface area contributed by atoms with Crippen molar-refractivity contribution in [1.29, 1.82) is 0 Å². The number of nitrogens with zero attached hydrogens (tertiary/aromatic N) is 2. The number of hydrogen-bond acceptors (Lipinski definition) is 6. The Labute approximate surface area is 128 Å². The Kier molecular flexibility index (Phi) is 5.75. The number of thioether (sulfide) groups is 1. The fourth-order valence-corrected chi connectivity index (χ4v) is 2.92. The molecule has 2 saturated heterocycles. The van der Waals surface area contributed by atoms with Crippen LogP contribution >= 0.6 is 11.8 Å². The Bertz CT molecular complexity index is 468. The van der Waals surface area contributed by atoms with Crippen LogP contribution in [0.2, 0.25) is 0 Å². The van der Waals surface area contributed by atoms with Crippen LogP contribution in [0.3, 0.4) is 0 Å². The predicted octanol–water partition coefficient (Wildman–Crippen LogP) is 0.655. The number of hydrogen-bond donors (Lipinski definition) is 2. The minimum Gasteiger partial charge on any atom is -0.376 e. The van der Waals surface area contributed by atoms with Crippen LogP contribution in [0.15, 0.2) is 10.2 Å². The van der Waals surface area contributed by atoms with Crippen LogP contribution in [0.5, 0.6) is 0 Å². The highest BCUT2D eigenvalue weighted by atomic mass is 32.2. The summed E-state index contributed by atoms with van der Waals surface area (Å²) in [6.07, 6.45) is 2.26. The molecule has 8 heteroatoms. The number of carbonyl (C=O) groups excluding carboxylic acids is 2. The van der Waals surface area contributed by atoms with Crippen molar-refractivity contribution in [3.05, 3.63) is 0 Å². The molecule has 0 aromatic heterocycles. The summed E-state index contributed by atoms with van der Waals surface area (Å²) in [6.45, 7) is 4.92. The molecule has 0 aromatic rings. The number of carbonyl (C=O) groups is 2. The first-order chi connectivity index (χ1) is 10.0. The lowest BCUT2D eigenvalue weighted by Crippen LogP contribution is -2.35. The molecular formula is C13H20N4O3S. The highest BCUT2D eigenvalue weighted by molar-refractivity contribution is 8.15. The van der Waals surface area contributed by atoms with Crippen molar-refractivity contribution < 1.29 is 14.3 Å². The average molecular weight is 312 g/mol. The van der Waals surface area contributed by atoms with Gasteiger partial charge in [-0.05, 0) is 26.7 Å². The van der Waals surface area contributed by atoms with E-state index < -0.39 is 5.25 Å². The standard InChI is InChI=1S/C13H20N4O3S/c1-8(2)16-17-13-15-12(19)10(21-13)6-11(18)14-7-9-4-3-5-20-9/h9-10H,3-7H2,1-2H3,(H,14,18)(H,15,17,19)/t9-,10+/m1/s1. The molecule has 2 aliphatic rings. The Morgan fingerprint density at radius 3 is 3.00 bits per heavy atom. The Morgan fingerprint density at radius 2 is 2.33 bits per heavy atom. The smallest absolute Gasteiger partial charge is 0.240 e. The van der Waals surface area contributed by atoms with Gasteiger partial charge in [0.15, 0.2) is 5.17 Å². The van der Waals surface area contributed by atoms with Crippen molar-refractivity contribution in [3.63, 3.8) is 0 Å². The molecular weight excluding hydrogens is 292 g/mol. The lowest BCUT2D eigenvalue weighted by Gasteiger charge is -2.11. The molecule has 116 valence electrons. The minimum atomic E-state index is -0.444. The van der Waals surface area contributed by atoms with Crippen LogP contribution in [0.1, 0.15) is 33.1 Å². The second kappa shape index (κ2) is 7.56. The van der Waals surface area contributed by atoms with E-state index in [2.05, 4.69) is 20.8 Å². The summed E-state index contributed by atoms with van der Waals surface area (Å²) in [5.41, 5.74) is 0.801. The van der Waals surface area contributed by atoms with Gasteiger partial charge in [0.2, 0.25) is 11.8 Å². The second-order valence-corrected chi connectivity index (χ2v) is 6.38. The molecule has 0 unspecified atom stereocenters. The van der Waals surface area contributed by atoms with Crippen LogP contribution in [0, 0.1) is 0 Å². The van der Waals surface area contributed by atoms with Crippen molar-refractivity contribution >= 4 is 34.5 Å². The summed E-state index contributed by atoms with van der Waals surface area (Å²) in [5, 5.41) is 13.3. The van der Waals surface area contributed by atoms with Crippen molar-refractivity contribution in [2.75, 3.05) is 13.2 Å². The number of nitrogens with one attached hydrogen (secondary N) is 2. The third-order valence-corrected chi connectivity index (χ3v) is 4.11. The largest absolute Gasteiger partial charge is 0.376 e. The van der Waals surface area contributed by atoms with E-state index in [-0.39, 0.29) is 24.3 Å². The van der Waals surface area contributed by atoms with Gasteiger partial charge in [0.05, 0.1) is 6.10 Å². The van der Waals surface area contributed by atoms with Crippen LogP contribution in [-0.4, -0.2) is 47.2 Å². The first-order valence-corrected chi connectivity index (χ1v) is 7.87. The van der Waals surface area contributed by atoms with Gasteiger partial charge < -0.3 is 15.4 Å². The highest BCUT2D eigenvalue weighted by Gasteiger charge is 2.32. The average Bonchev–Trinajstić information content (AvgIpc) is 3.05. The number of amidine groups is 1. The van der Waals surface area contributed by atoms with Crippen molar-refractivity contribution in [2.45, 2.75) is 44.5 Å². The molecule has 0 saturated carbocycles. The summed E-state index contributed by atoms with van der Waals surface area (Å²) in [5.74, 6) is -0.343. The molecule has 0 bridgehead atoms. The first kappa shape index (κ1) is 16.0. The van der Waals surface area contributed by atoms with E-state index in [0.717, 1.165) is 25.2 Å². The van der Waals surface area contributed by atoms with E-state index in [1.165, 1.54) is 11.8 Å². The summed E-state index contributed by atoms with van der Waals surface area (Å²) in [7, 11) is 0. The fourth-order valence-electron chi connectivity index (χ4n) is 2.01. The van der Waals surface area contributed by atoms with Crippen molar-refractivity contribution in [3.8, 4) is 0 Å². The Hall–Kier alpha value is -1.41. The zero-order chi connectivity index (χ0) is 15.2. The zero-order valence-corrected chi connectivity index (χ0v) is 13.0. The van der Waals surface area contributed by atoms with E-state index in [1.807, 2.05) is 13.8 Å². The number of rotatable bonds is 5. The quantitative estimate of drug-likeness (QED) is 0.576. The van der Waals surface area contributed by atoms with Gasteiger partial charge in [0.1, 0.15) is 5.25 Å². The summed E-state index contributed by atoms with van der Waals surface area (Å²) in [6, 6.07) is 0. The van der Waals surface area contributed by atoms with Gasteiger partial charge in [-0.2, -0.15) is 5.10 Å². The molecule has 0 aromatic carbocycles. The maximum Gasteiger partial charge on any atom is 0.240 e. The van der Waals surface area contributed by atoms with Crippen LogP contribution in [0.4, 0.5) is 0 Å². The topological polar surface area (TPSA) is 92.2 Å². The molecule has 21 heavy (non-hydrogen) atoms. The van der Waals surface area contributed by atoms with Crippen molar-refractivity contribution in [2.24, 2.45) is 10.2 Å². The lowest BCUT2D eigenvalue weighted by atomic mass is 10.2. The molecule has 2 atom stereocenters. The van der Waals surface area contributed by atoms with Gasteiger partial charge >= 0.3 is 0 Å². The summed E-state index contributed by atoms with van der Waals surface area (Å²) in [4.78, 5) is 23.6. The summed E-state index contributed by atoms with van der Waals surface area (Å²) >= 11 is 1.24. The molecule has 0 aliphatic carbocycles. The maximum absolute atomic E-state index is 11.8. The SMILES string of the molecule is CC(C)=N/N=C1\NC(=O)[C@H](CC(=O)NC[C@H]2CCCO2)S1. The number of amides is 2. The van der Waals surface area contributed by atoms with Gasteiger partial charge in [0.25, 0.3) is 0 Å². The zero-order valence-electron chi connectivity index (χ0n) is 12.2. The Morgan fingerprint density at radius 1 is 1.52 bits per heavy atom. The van der Waals surface area contributed by atoms with Gasteiger partial charge in [-0.1, -0.05) is 11.8 Å². The molecule has 2 aliphatic heterocycles. The molecule has 2 rings (SSSR count). The molecule has 0 radical (unpaired) electrons. The fraction of sp³-hybridized carbons (Fsp3) is 0.692. The van der Waals surface area contributed by atoms with Gasteiger partial charge in [-0.15, -0.1) is 5.10 Å². The van der Waals surface area contributed by atoms with E-state index in [9.17, 15) is 9.59 Å². The van der Waals surface area contributed by atoms with E-state index in [4.69, 9.17) is 4.74 Å². The van der Waals surface area contributed by atoms with E-state index in [0.29, 0.717) is 11.7 Å². The molecule has 2 amide bonds. The summed E-state index contributed by atoms with van der Waals surface area (Å²) < 4.78 is 5.43. The third-order valence-electron chi connectivity index (χ3n) is 3.04. The molecule has 2 N–H and O–H groups in total. The minimum absolute atomic E-state index is 0.109. The highest BCUT2D eigenvalue weighted by Crippen LogP contribution is 2.22. The molecule has 0 spiro atoms. The first-order valence-electron chi connectivity index (χ1n) is 6.99. The van der Waals surface area contributed by atoms with Gasteiger partial charge in [-0.25, -0.2) is 0 Å². The second-order valence-electron chi connectivity index (χ2n) is 5.19. The Balaban J connectivity index is 1.77. The van der Waals surface area contributed by atoms with E-state index in [1.54, 1.807) is 0 Å². The lowest BCUT2D eigenvalue weighted by molar-refractivity contribution is -0.125. The maximum atomic E-state index is 11.8. The van der Waals surface area contributed by atoms with Crippen LogP contribution in [-0.2, 0) is 14.3 Å². The molecule has 2 heterocycles. The van der Waals surface area contributed by atoms with Crippen molar-refractivity contribution in [1.82, 2.24) is 10.6 Å². The normalized spacial score (nSPS) is 26.8. The van der Waals surface area contributed by atoms with E-state index >= 15 is 0 Å².